The third-order valence-corrected chi connectivity index (χ3v) is 4.55. The van der Waals surface area contributed by atoms with Crippen molar-refractivity contribution in [3.63, 3.8) is 0 Å². The summed E-state index contributed by atoms with van der Waals surface area (Å²) < 4.78 is 11.2. The van der Waals surface area contributed by atoms with Gasteiger partial charge >= 0.3 is 6.01 Å². The number of rotatable bonds is 9. The standard InChI is InChI=1S/C23H27N3O3/c1-4-5-13-28-20-8-6-7-19(15-20)22(27)24-23-26-25-21(29-23)14-17-9-11-18(12-10-17)16(2)3/h6-12,15-16H,4-5,13-14H2,1-3H3,(H,24,26,27). The number of anilines is 1. The normalized spacial score (nSPS) is 10.9. The number of amides is 1. The van der Waals surface area contributed by atoms with Crippen molar-refractivity contribution in [1.82, 2.24) is 10.2 Å². The maximum Gasteiger partial charge on any atom is 0.322 e. The molecule has 1 amide bonds. The summed E-state index contributed by atoms with van der Waals surface area (Å²) in [5, 5.41) is 10.6. The molecule has 0 aliphatic rings. The molecule has 0 atom stereocenters. The van der Waals surface area contributed by atoms with E-state index in [2.05, 4.69) is 60.6 Å². The molecule has 0 aliphatic carbocycles. The molecule has 0 aliphatic heterocycles. The first-order valence-electron chi connectivity index (χ1n) is 10.0. The van der Waals surface area contributed by atoms with Crippen LogP contribution >= 0.6 is 0 Å². The maximum atomic E-state index is 12.5. The highest BCUT2D eigenvalue weighted by Gasteiger charge is 2.13. The highest BCUT2D eigenvalue weighted by atomic mass is 16.5. The number of unbranched alkanes of at least 4 members (excludes halogenated alkanes) is 1. The van der Waals surface area contributed by atoms with Crippen molar-refractivity contribution in [3.05, 3.63) is 71.1 Å². The number of aromatic nitrogens is 2. The fourth-order valence-electron chi connectivity index (χ4n) is 2.80. The Hall–Kier alpha value is -3.15. The molecule has 152 valence electrons. The van der Waals surface area contributed by atoms with E-state index in [0.29, 0.717) is 36.1 Å². The number of carbonyl (C=O) groups excluding carboxylic acids is 1. The number of benzene rings is 2. The van der Waals surface area contributed by atoms with Crippen LogP contribution in [-0.4, -0.2) is 22.7 Å². The molecule has 6 nitrogen and oxygen atoms in total. The van der Waals surface area contributed by atoms with Crippen LogP contribution in [0.15, 0.2) is 52.9 Å². The largest absolute Gasteiger partial charge is 0.494 e. The second kappa shape index (κ2) is 9.87. The summed E-state index contributed by atoms with van der Waals surface area (Å²) in [5.74, 6) is 1.30. The number of carbonyl (C=O) groups is 1. The molecule has 0 unspecified atom stereocenters. The van der Waals surface area contributed by atoms with Crippen molar-refractivity contribution in [2.24, 2.45) is 0 Å². The van der Waals surface area contributed by atoms with E-state index in [9.17, 15) is 4.79 Å². The summed E-state index contributed by atoms with van der Waals surface area (Å²) >= 11 is 0. The molecular weight excluding hydrogens is 366 g/mol. The Morgan fingerprint density at radius 2 is 1.93 bits per heavy atom. The SMILES string of the molecule is CCCCOc1cccc(C(=O)Nc2nnc(Cc3ccc(C(C)C)cc3)o2)c1. The fraction of sp³-hybridized carbons (Fsp3) is 0.348. The topological polar surface area (TPSA) is 77.2 Å². The maximum absolute atomic E-state index is 12.5. The molecule has 1 N–H and O–H groups in total. The summed E-state index contributed by atoms with van der Waals surface area (Å²) in [6, 6.07) is 15.5. The van der Waals surface area contributed by atoms with Gasteiger partial charge in [0.05, 0.1) is 13.0 Å². The van der Waals surface area contributed by atoms with Crippen molar-refractivity contribution in [1.29, 1.82) is 0 Å². The molecule has 3 rings (SSSR count). The van der Waals surface area contributed by atoms with E-state index in [4.69, 9.17) is 9.15 Å². The van der Waals surface area contributed by atoms with Crippen molar-refractivity contribution in [3.8, 4) is 5.75 Å². The molecule has 0 spiro atoms. The lowest BCUT2D eigenvalue weighted by atomic mass is 10.0. The fourth-order valence-corrected chi connectivity index (χ4v) is 2.80. The van der Waals surface area contributed by atoms with Gasteiger partial charge in [0.1, 0.15) is 5.75 Å². The van der Waals surface area contributed by atoms with E-state index in [-0.39, 0.29) is 11.9 Å². The lowest BCUT2D eigenvalue weighted by Crippen LogP contribution is -2.12. The molecule has 0 bridgehead atoms. The monoisotopic (exact) mass is 393 g/mol. The molecule has 0 saturated heterocycles. The lowest BCUT2D eigenvalue weighted by Gasteiger charge is -2.07. The Balaban J connectivity index is 1.59. The van der Waals surface area contributed by atoms with Crippen LogP contribution in [0.25, 0.3) is 0 Å². The van der Waals surface area contributed by atoms with Gasteiger partial charge in [-0.05, 0) is 41.7 Å². The van der Waals surface area contributed by atoms with Gasteiger partial charge in [-0.15, -0.1) is 5.10 Å². The molecule has 1 aromatic heterocycles. The van der Waals surface area contributed by atoms with Crippen molar-refractivity contribution >= 4 is 11.9 Å². The minimum atomic E-state index is -0.317. The Kier molecular flexibility index (Phi) is 7.00. The van der Waals surface area contributed by atoms with Gasteiger partial charge < -0.3 is 9.15 Å². The second-order valence-corrected chi connectivity index (χ2v) is 7.26. The van der Waals surface area contributed by atoms with Crippen LogP contribution in [0, 0.1) is 0 Å². The third kappa shape index (κ3) is 5.91. The number of nitrogens with one attached hydrogen (secondary N) is 1. The van der Waals surface area contributed by atoms with E-state index in [0.717, 1.165) is 18.4 Å². The smallest absolute Gasteiger partial charge is 0.322 e. The average Bonchev–Trinajstić information content (AvgIpc) is 3.15. The zero-order chi connectivity index (χ0) is 20.6. The first kappa shape index (κ1) is 20.6. The Morgan fingerprint density at radius 1 is 1.14 bits per heavy atom. The van der Waals surface area contributed by atoms with Crippen molar-refractivity contribution < 1.29 is 13.9 Å². The van der Waals surface area contributed by atoms with Crippen LogP contribution in [0.4, 0.5) is 6.01 Å². The number of hydrogen-bond donors (Lipinski definition) is 1. The second-order valence-electron chi connectivity index (χ2n) is 7.26. The molecule has 29 heavy (non-hydrogen) atoms. The molecule has 3 aromatic rings. The van der Waals surface area contributed by atoms with E-state index >= 15 is 0 Å². The van der Waals surface area contributed by atoms with E-state index in [1.165, 1.54) is 5.56 Å². The Morgan fingerprint density at radius 3 is 2.66 bits per heavy atom. The Labute approximate surface area is 171 Å². The molecule has 1 heterocycles. The minimum Gasteiger partial charge on any atom is -0.494 e. The van der Waals surface area contributed by atoms with Crippen LogP contribution in [0.2, 0.25) is 0 Å². The molecule has 6 heteroatoms. The number of ether oxygens (including phenoxy) is 1. The minimum absolute atomic E-state index is 0.0844. The molecule has 0 saturated carbocycles. The van der Waals surface area contributed by atoms with Gasteiger partial charge in [0, 0.05) is 5.56 Å². The predicted molar refractivity (Wildman–Crippen MR) is 112 cm³/mol. The van der Waals surface area contributed by atoms with Crippen LogP contribution in [0.5, 0.6) is 5.75 Å². The molecule has 0 fully saturated rings. The van der Waals surface area contributed by atoms with Crippen molar-refractivity contribution in [2.45, 2.75) is 46.0 Å². The molecule has 0 radical (unpaired) electrons. The van der Waals surface area contributed by atoms with Crippen LogP contribution < -0.4 is 10.1 Å². The van der Waals surface area contributed by atoms with Crippen molar-refractivity contribution in [2.75, 3.05) is 11.9 Å². The van der Waals surface area contributed by atoms with Crippen LogP contribution in [-0.2, 0) is 6.42 Å². The van der Waals surface area contributed by atoms with Crippen LogP contribution in [0.3, 0.4) is 0 Å². The first-order chi connectivity index (χ1) is 14.0. The summed E-state index contributed by atoms with van der Waals surface area (Å²) in [4.78, 5) is 12.5. The van der Waals surface area contributed by atoms with Gasteiger partial charge in [0.15, 0.2) is 0 Å². The van der Waals surface area contributed by atoms with Gasteiger partial charge in [-0.1, -0.05) is 62.6 Å². The zero-order valence-corrected chi connectivity index (χ0v) is 17.1. The van der Waals surface area contributed by atoms with Gasteiger partial charge in [-0.3, -0.25) is 10.1 Å². The highest BCUT2D eigenvalue weighted by Crippen LogP contribution is 2.18. The summed E-state index contributed by atoms with van der Waals surface area (Å²) in [6.07, 6.45) is 2.55. The Bertz CT molecular complexity index is 933. The molecule has 2 aromatic carbocycles. The van der Waals surface area contributed by atoms with Gasteiger partial charge in [0.2, 0.25) is 5.89 Å². The van der Waals surface area contributed by atoms with Gasteiger partial charge in [0.25, 0.3) is 5.91 Å². The lowest BCUT2D eigenvalue weighted by molar-refractivity contribution is 0.102. The summed E-state index contributed by atoms with van der Waals surface area (Å²) in [5.41, 5.74) is 2.84. The quantitative estimate of drug-likeness (QED) is 0.505. The summed E-state index contributed by atoms with van der Waals surface area (Å²) in [7, 11) is 0. The van der Waals surface area contributed by atoms with Crippen LogP contribution in [0.1, 0.15) is 66.9 Å². The third-order valence-electron chi connectivity index (χ3n) is 4.55. The van der Waals surface area contributed by atoms with Gasteiger partial charge in [-0.2, -0.15) is 0 Å². The number of hydrogen-bond acceptors (Lipinski definition) is 5. The zero-order valence-electron chi connectivity index (χ0n) is 17.1. The predicted octanol–water partition coefficient (Wildman–Crippen LogP) is 5.22. The first-order valence-corrected chi connectivity index (χ1v) is 10.0. The highest BCUT2D eigenvalue weighted by molar-refractivity contribution is 6.03. The van der Waals surface area contributed by atoms with E-state index in [1.54, 1.807) is 18.2 Å². The summed E-state index contributed by atoms with van der Waals surface area (Å²) in [6.45, 7) is 7.06. The number of nitrogens with zero attached hydrogens (tertiary/aromatic N) is 2. The van der Waals surface area contributed by atoms with E-state index in [1.807, 2.05) is 6.07 Å². The van der Waals surface area contributed by atoms with Gasteiger partial charge in [-0.25, -0.2) is 0 Å². The molecular formula is C23H27N3O3. The van der Waals surface area contributed by atoms with E-state index < -0.39 is 0 Å². The average molecular weight is 393 g/mol.